The van der Waals surface area contributed by atoms with E-state index < -0.39 is 5.41 Å². The highest BCUT2D eigenvalue weighted by molar-refractivity contribution is 5.99. The third kappa shape index (κ3) is 3.92. The molecule has 4 rings (SSSR count). The Morgan fingerprint density at radius 3 is 2.81 bits per heavy atom. The van der Waals surface area contributed by atoms with Crippen LogP contribution < -0.4 is 5.32 Å². The second kappa shape index (κ2) is 7.83. The average molecular weight is 364 g/mol. The first-order valence-corrected chi connectivity index (χ1v) is 9.94. The van der Waals surface area contributed by atoms with Crippen LogP contribution in [-0.4, -0.2) is 37.1 Å². The number of fused-ring (bicyclic) bond motifs is 1. The van der Waals surface area contributed by atoms with Gasteiger partial charge in [-0.2, -0.15) is 0 Å². The summed E-state index contributed by atoms with van der Waals surface area (Å²) in [5.41, 5.74) is 4.13. The van der Waals surface area contributed by atoms with E-state index in [0.717, 1.165) is 57.8 Å². The molecule has 0 bridgehead atoms. The van der Waals surface area contributed by atoms with E-state index in [9.17, 15) is 4.79 Å². The van der Waals surface area contributed by atoms with E-state index in [-0.39, 0.29) is 5.91 Å². The van der Waals surface area contributed by atoms with Crippen LogP contribution in [0.2, 0.25) is 0 Å². The number of nitrogens with zero attached hydrogens (tertiary/aromatic N) is 1. The van der Waals surface area contributed by atoms with Crippen LogP contribution in [0.1, 0.15) is 36.5 Å². The first kappa shape index (κ1) is 18.2. The van der Waals surface area contributed by atoms with Gasteiger partial charge in [-0.3, -0.25) is 9.69 Å². The maximum atomic E-state index is 13.2. The van der Waals surface area contributed by atoms with E-state index in [1.54, 1.807) is 0 Å². The van der Waals surface area contributed by atoms with Gasteiger partial charge in [-0.25, -0.2) is 0 Å². The number of nitrogens with one attached hydrogen (secondary N) is 1. The maximum Gasteiger partial charge on any atom is 0.234 e. The SMILES string of the molecule is C[C@]1(C(=O)Nc2cccc(CN3CCOCC3)c2)CCCc2ccccc21. The third-order valence-corrected chi connectivity index (χ3v) is 5.93. The van der Waals surface area contributed by atoms with Crippen molar-refractivity contribution < 1.29 is 9.53 Å². The van der Waals surface area contributed by atoms with Gasteiger partial charge in [-0.1, -0.05) is 36.4 Å². The highest BCUT2D eigenvalue weighted by Gasteiger charge is 2.38. The Kier molecular flexibility index (Phi) is 5.28. The van der Waals surface area contributed by atoms with Crippen LogP contribution in [0.25, 0.3) is 0 Å². The topological polar surface area (TPSA) is 41.6 Å². The standard InChI is InChI=1S/C23H28N2O2/c1-23(11-5-8-19-7-2-3-10-21(19)23)22(26)24-20-9-4-6-18(16-20)17-25-12-14-27-15-13-25/h2-4,6-7,9-10,16H,5,8,11-15,17H2,1H3,(H,24,26)/t23-/m0/s1. The van der Waals surface area contributed by atoms with Crippen molar-refractivity contribution in [3.05, 3.63) is 65.2 Å². The predicted molar refractivity (Wildman–Crippen MR) is 108 cm³/mol. The Labute approximate surface area is 161 Å². The van der Waals surface area contributed by atoms with Crippen molar-refractivity contribution in [3.8, 4) is 0 Å². The summed E-state index contributed by atoms with van der Waals surface area (Å²) in [5, 5.41) is 3.19. The lowest BCUT2D eigenvalue weighted by atomic mass is 9.70. The number of carbonyl (C=O) groups excluding carboxylic acids is 1. The number of ether oxygens (including phenoxy) is 1. The number of hydrogen-bond donors (Lipinski definition) is 1. The minimum atomic E-state index is -0.463. The van der Waals surface area contributed by atoms with Gasteiger partial charge in [-0.05, 0) is 55.0 Å². The Morgan fingerprint density at radius 1 is 1.15 bits per heavy atom. The molecule has 0 spiro atoms. The van der Waals surface area contributed by atoms with Crippen molar-refractivity contribution in [2.24, 2.45) is 0 Å². The zero-order chi connectivity index (χ0) is 18.7. The van der Waals surface area contributed by atoms with Crippen molar-refractivity contribution in [2.75, 3.05) is 31.6 Å². The molecule has 1 N–H and O–H groups in total. The number of carbonyl (C=O) groups is 1. The van der Waals surface area contributed by atoms with Gasteiger partial charge < -0.3 is 10.1 Å². The predicted octanol–water partition coefficient (Wildman–Crippen LogP) is 3.75. The van der Waals surface area contributed by atoms with Gasteiger partial charge in [0.25, 0.3) is 0 Å². The van der Waals surface area contributed by atoms with E-state index in [1.165, 1.54) is 16.7 Å². The highest BCUT2D eigenvalue weighted by atomic mass is 16.5. The Balaban J connectivity index is 1.49. The summed E-state index contributed by atoms with van der Waals surface area (Å²) in [6.07, 6.45) is 3.01. The number of aryl methyl sites for hydroxylation is 1. The van der Waals surface area contributed by atoms with Crippen LogP contribution in [0.4, 0.5) is 5.69 Å². The summed E-state index contributed by atoms with van der Waals surface area (Å²) in [4.78, 5) is 15.6. The normalized spacial score (nSPS) is 22.9. The van der Waals surface area contributed by atoms with E-state index in [2.05, 4.69) is 47.5 Å². The first-order chi connectivity index (χ1) is 13.1. The second-order valence-electron chi connectivity index (χ2n) is 7.89. The number of anilines is 1. The molecule has 27 heavy (non-hydrogen) atoms. The van der Waals surface area contributed by atoms with Crippen molar-refractivity contribution in [2.45, 2.75) is 38.1 Å². The molecule has 1 saturated heterocycles. The quantitative estimate of drug-likeness (QED) is 0.898. The second-order valence-corrected chi connectivity index (χ2v) is 7.89. The minimum absolute atomic E-state index is 0.0955. The number of morpholine rings is 1. The summed E-state index contributed by atoms with van der Waals surface area (Å²) >= 11 is 0. The third-order valence-electron chi connectivity index (χ3n) is 5.93. The van der Waals surface area contributed by atoms with Crippen LogP contribution >= 0.6 is 0 Å². The molecule has 4 heteroatoms. The van der Waals surface area contributed by atoms with Gasteiger partial charge in [0.05, 0.1) is 18.6 Å². The van der Waals surface area contributed by atoms with Gasteiger partial charge >= 0.3 is 0 Å². The largest absolute Gasteiger partial charge is 0.379 e. The van der Waals surface area contributed by atoms with Crippen LogP contribution in [-0.2, 0) is 27.9 Å². The lowest BCUT2D eigenvalue weighted by molar-refractivity contribution is -0.121. The molecule has 0 saturated carbocycles. The van der Waals surface area contributed by atoms with Crippen LogP contribution in [0.3, 0.4) is 0 Å². The molecule has 4 nitrogen and oxygen atoms in total. The molecule has 1 amide bonds. The molecule has 142 valence electrons. The zero-order valence-electron chi connectivity index (χ0n) is 16.0. The number of rotatable bonds is 4. The average Bonchev–Trinajstić information content (AvgIpc) is 2.69. The summed E-state index contributed by atoms with van der Waals surface area (Å²) in [7, 11) is 0. The number of amides is 1. The Bertz CT molecular complexity index is 814. The highest BCUT2D eigenvalue weighted by Crippen LogP contribution is 2.38. The first-order valence-electron chi connectivity index (χ1n) is 9.94. The molecular formula is C23H28N2O2. The molecule has 1 aliphatic heterocycles. The smallest absolute Gasteiger partial charge is 0.234 e. The van der Waals surface area contributed by atoms with Crippen molar-refractivity contribution in [3.63, 3.8) is 0 Å². The molecule has 1 fully saturated rings. The molecule has 2 aromatic rings. The maximum absolute atomic E-state index is 13.2. The van der Waals surface area contributed by atoms with E-state index in [4.69, 9.17) is 4.74 Å². The van der Waals surface area contributed by atoms with Crippen molar-refractivity contribution in [1.82, 2.24) is 4.90 Å². The molecule has 1 atom stereocenters. The molecule has 0 radical (unpaired) electrons. The number of hydrogen-bond acceptors (Lipinski definition) is 3. The van der Waals surface area contributed by atoms with E-state index in [0.29, 0.717) is 0 Å². The van der Waals surface area contributed by atoms with Gasteiger partial charge in [0.2, 0.25) is 5.91 Å². The zero-order valence-corrected chi connectivity index (χ0v) is 16.0. The molecule has 0 aromatic heterocycles. The van der Waals surface area contributed by atoms with E-state index in [1.807, 2.05) is 18.2 Å². The van der Waals surface area contributed by atoms with Crippen molar-refractivity contribution >= 4 is 11.6 Å². The molecule has 2 aliphatic rings. The Hall–Kier alpha value is -2.17. The number of benzene rings is 2. The van der Waals surface area contributed by atoms with Crippen LogP contribution in [0.5, 0.6) is 0 Å². The molecule has 1 aliphatic carbocycles. The fraction of sp³-hybridized carbons (Fsp3) is 0.435. The lowest BCUT2D eigenvalue weighted by Gasteiger charge is -2.34. The van der Waals surface area contributed by atoms with Gasteiger partial charge in [0.15, 0.2) is 0 Å². The van der Waals surface area contributed by atoms with Gasteiger partial charge in [0, 0.05) is 25.3 Å². The van der Waals surface area contributed by atoms with Gasteiger partial charge in [0.1, 0.15) is 0 Å². The summed E-state index contributed by atoms with van der Waals surface area (Å²) in [6, 6.07) is 16.6. The minimum Gasteiger partial charge on any atom is -0.379 e. The summed E-state index contributed by atoms with van der Waals surface area (Å²) in [5.74, 6) is 0.0955. The summed E-state index contributed by atoms with van der Waals surface area (Å²) in [6.45, 7) is 6.50. The lowest BCUT2D eigenvalue weighted by Crippen LogP contribution is -2.40. The van der Waals surface area contributed by atoms with Crippen LogP contribution in [0, 0.1) is 0 Å². The van der Waals surface area contributed by atoms with Gasteiger partial charge in [-0.15, -0.1) is 0 Å². The monoisotopic (exact) mass is 364 g/mol. The fourth-order valence-corrected chi connectivity index (χ4v) is 4.31. The summed E-state index contributed by atoms with van der Waals surface area (Å²) < 4.78 is 5.42. The Morgan fingerprint density at radius 2 is 1.96 bits per heavy atom. The molecule has 2 aromatic carbocycles. The molecular weight excluding hydrogens is 336 g/mol. The fourth-order valence-electron chi connectivity index (χ4n) is 4.31. The van der Waals surface area contributed by atoms with E-state index >= 15 is 0 Å². The van der Waals surface area contributed by atoms with Crippen molar-refractivity contribution in [1.29, 1.82) is 0 Å². The van der Waals surface area contributed by atoms with Crippen LogP contribution in [0.15, 0.2) is 48.5 Å². The molecule has 1 heterocycles. The molecule has 0 unspecified atom stereocenters.